The number of rotatable bonds is 5. The molecule has 1 fully saturated rings. The molecule has 0 radical (unpaired) electrons. The molecule has 1 N–H and O–H groups in total. The molecule has 1 atom stereocenters. The van der Waals surface area contributed by atoms with Crippen LogP contribution in [0.3, 0.4) is 0 Å². The van der Waals surface area contributed by atoms with Crippen molar-refractivity contribution in [2.45, 2.75) is 17.9 Å². The Morgan fingerprint density at radius 1 is 1.43 bits per heavy atom. The maximum Gasteiger partial charge on any atom is 0.241 e. The van der Waals surface area contributed by atoms with E-state index in [1.807, 2.05) is 0 Å². The maximum absolute atomic E-state index is 12.3. The van der Waals surface area contributed by atoms with Gasteiger partial charge in [0.1, 0.15) is 0 Å². The zero-order valence-corrected chi connectivity index (χ0v) is 15.7. The van der Waals surface area contributed by atoms with Gasteiger partial charge in [-0.15, -0.1) is 0 Å². The largest absolute Gasteiger partial charge is 0.374 e. The molecule has 1 saturated heterocycles. The first-order valence-corrected chi connectivity index (χ1v) is 9.78. The molecule has 0 spiro atoms. The third kappa shape index (κ3) is 4.74. The van der Waals surface area contributed by atoms with Crippen molar-refractivity contribution in [1.82, 2.24) is 9.62 Å². The lowest BCUT2D eigenvalue weighted by Crippen LogP contribution is -2.47. The Kier molecular flexibility index (Phi) is 6.22. The molecule has 1 heterocycles. The number of morpholine rings is 1. The second-order valence-electron chi connectivity index (χ2n) is 4.81. The summed E-state index contributed by atoms with van der Waals surface area (Å²) >= 11 is 6.59. The van der Waals surface area contributed by atoms with Crippen LogP contribution < -0.4 is 4.72 Å². The van der Waals surface area contributed by atoms with E-state index in [-0.39, 0.29) is 17.5 Å². The van der Waals surface area contributed by atoms with Crippen molar-refractivity contribution in [2.75, 3.05) is 32.8 Å². The number of hydrogen-bond donors (Lipinski definition) is 1. The van der Waals surface area contributed by atoms with Gasteiger partial charge in [0.05, 0.1) is 17.6 Å². The molecule has 1 aromatic rings. The molecule has 0 bridgehead atoms. The highest BCUT2D eigenvalue weighted by Gasteiger charge is 2.23. The molecule has 21 heavy (non-hydrogen) atoms. The van der Waals surface area contributed by atoms with Crippen LogP contribution in [-0.2, 0) is 14.8 Å². The predicted octanol–water partition coefficient (Wildman–Crippen LogP) is 2.21. The molecule has 0 saturated carbocycles. The summed E-state index contributed by atoms with van der Waals surface area (Å²) in [6, 6.07) is 4.98. The van der Waals surface area contributed by atoms with Crippen LogP contribution in [0.2, 0.25) is 0 Å². The van der Waals surface area contributed by atoms with Gasteiger partial charge in [0.15, 0.2) is 0 Å². The summed E-state index contributed by atoms with van der Waals surface area (Å²) in [4.78, 5) is 2.48. The summed E-state index contributed by atoms with van der Waals surface area (Å²) in [7, 11) is -3.55. The van der Waals surface area contributed by atoms with Gasteiger partial charge in [-0.2, -0.15) is 0 Å². The van der Waals surface area contributed by atoms with Crippen molar-refractivity contribution >= 4 is 41.9 Å². The van der Waals surface area contributed by atoms with Crippen molar-refractivity contribution in [1.29, 1.82) is 0 Å². The molecule has 0 amide bonds. The highest BCUT2D eigenvalue weighted by molar-refractivity contribution is 9.11. The van der Waals surface area contributed by atoms with Crippen LogP contribution >= 0.6 is 31.9 Å². The van der Waals surface area contributed by atoms with E-state index in [4.69, 9.17) is 4.74 Å². The van der Waals surface area contributed by atoms with E-state index in [0.717, 1.165) is 24.1 Å². The maximum atomic E-state index is 12.3. The Hall–Kier alpha value is 0.01000. The smallest absolute Gasteiger partial charge is 0.241 e. The molecule has 1 aliphatic rings. The minimum Gasteiger partial charge on any atom is -0.374 e. The molecular weight excluding hydrogens is 424 g/mol. The van der Waals surface area contributed by atoms with Crippen molar-refractivity contribution in [3.63, 3.8) is 0 Å². The number of nitrogens with one attached hydrogen (secondary N) is 1. The topological polar surface area (TPSA) is 58.6 Å². The van der Waals surface area contributed by atoms with Crippen LogP contribution in [-0.4, -0.2) is 52.2 Å². The minimum atomic E-state index is -3.55. The quantitative estimate of drug-likeness (QED) is 0.760. The Balaban J connectivity index is 2.01. The standard InChI is InChI=1S/C13H18Br2N2O3S/c1-2-17-5-6-20-11(9-17)8-16-21(18,19)13-4-3-10(14)7-12(13)15/h3-4,7,11,16H,2,5-6,8-9H2,1H3. The average Bonchev–Trinajstić information content (AvgIpc) is 2.45. The summed E-state index contributed by atoms with van der Waals surface area (Å²) in [5.74, 6) is 0. The van der Waals surface area contributed by atoms with Crippen LogP contribution in [0, 0.1) is 0 Å². The third-order valence-electron chi connectivity index (χ3n) is 3.35. The Morgan fingerprint density at radius 3 is 2.86 bits per heavy atom. The summed E-state index contributed by atoms with van der Waals surface area (Å²) in [6.07, 6.45) is -0.109. The zero-order chi connectivity index (χ0) is 15.5. The molecular formula is C13H18Br2N2O3S. The highest BCUT2D eigenvalue weighted by Crippen LogP contribution is 2.25. The van der Waals surface area contributed by atoms with Crippen LogP contribution in [0.1, 0.15) is 6.92 Å². The lowest BCUT2D eigenvalue weighted by Gasteiger charge is -2.32. The van der Waals surface area contributed by atoms with Crippen LogP contribution in [0.4, 0.5) is 0 Å². The van der Waals surface area contributed by atoms with E-state index in [1.54, 1.807) is 18.2 Å². The molecule has 1 aliphatic heterocycles. The van der Waals surface area contributed by atoms with E-state index < -0.39 is 10.0 Å². The van der Waals surface area contributed by atoms with Gasteiger partial charge in [-0.3, -0.25) is 4.90 Å². The van der Waals surface area contributed by atoms with Crippen molar-refractivity contribution in [3.05, 3.63) is 27.1 Å². The first kappa shape index (κ1) is 17.4. The van der Waals surface area contributed by atoms with E-state index in [0.29, 0.717) is 11.1 Å². The van der Waals surface area contributed by atoms with Gasteiger partial charge in [0, 0.05) is 28.6 Å². The van der Waals surface area contributed by atoms with E-state index in [1.165, 1.54) is 0 Å². The molecule has 1 aromatic carbocycles. The zero-order valence-electron chi connectivity index (χ0n) is 11.7. The molecule has 0 aromatic heterocycles. The van der Waals surface area contributed by atoms with Crippen LogP contribution in [0.5, 0.6) is 0 Å². The normalized spacial score (nSPS) is 20.6. The summed E-state index contributed by atoms with van der Waals surface area (Å²) in [6.45, 7) is 5.61. The predicted molar refractivity (Wildman–Crippen MR) is 88.9 cm³/mol. The fourth-order valence-electron chi connectivity index (χ4n) is 2.16. The van der Waals surface area contributed by atoms with Gasteiger partial charge >= 0.3 is 0 Å². The Morgan fingerprint density at radius 2 is 2.19 bits per heavy atom. The summed E-state index contributed by atoms with van der Waals surface area (Å²) in [5, 5.41) is 0. The van der Waals surface area contributed by atoms with Gasteiger partial charge in [-0.25, -0.2) is 13.1 Å². The van der Waals surface area contributed by atoms with Gasteiger partial charge in [-0.05, 0) is 40.7 Å². The lowest BCUT2D eigenvalue weighted by molar-refractivity contribution is -0.0229. The molecule has 2 rings (SSSR count). The number of benzene rings is 1. The number of ether oxygens (including phenoxy) is 1. The Labute approximate surface area is 142 Å². The lowest BCUT2D eigenvalue weighted by atomic mass is 10.3. The van der Waals surface area contributed by atoms with Crippen molar-refractivity contribution in [2.24, 2.45) is 0 Å². The monoisotopic (exact) mass is 440 g/mol. The van der Waals surface area contributed by atoms with Gasteiger partial charge in [0.2, 0.25) is 10.0 Å². The number of sulfonamides is 1. The number of nitrogens with zero attached hydrogens (tertiary/aromatic N) is 1. The number of hydrogen-bond acceptors (Lipinski definition) is 4. The fraction of sp³-hybridized carbons (Fsp3) is 0.538. The molecule has 118 valence electrons. The summed E-state index contributed by atoms with van der Waals surface area (Å²) < 4.78 is 34.2. The summed E-state index contributed by atoms with van der Waals surface area (Å²) in [5.41, 5.74) is 0. The molecule has 0 aliphatic carbocycles. The van der Waals surface area contributed by atoms with E-state index >= 15 is 0 Å². The van der Waals surface area contributed by atoms with Gasteiger partial charge in [0.25, 0.3) is 0 Å². The average molecular weight is 442 g/mol. The molecule has 1 unspecified atom stereocenters. The third-order valence-corrected chi connectivity index (χ3v) is 6.25. The second kappa shape index (κ2) is 7.52. The van der Waals surface area contributed by atoms with Crippen molar-refractivity contribution < 1.29 is 13.2 Å². The van der Waals surface area contributed by atoms with E-state index in [9.17, 15) is 8.42 Å². The molecule has 8 heteroatoms. The second-order valence-corrected chi connectivity index (χ2v) is 8.32. The highest BCUT2D eigenvalue weighted by atomic mass is 79.9. The SMILES string of the molecule is CCN1CCOC(CNS(=O)(=O)c2ccc(Br)cc2Br)C1. The Bertz CT molecular complexity index is 595. The van der Waals surface area contributed by atoms with E-state index in [2.05, 4.69) is 48.4 Å². The van der Waals surface area contributed by atoms with Crippen LogP contribution in [0.25, 0.3) is 0 Å². The minimum absolute atomic E-state index is 0.109. The van der Waals surface area contributed by atoms with Crippen molar-refractivity contribution in [3.8, 4) is 0 Å². The first-order chi connectivity index (χ1) is 9.92. The van der Waals surface area contributed by atoms with Gasteiger partial charge < -0.3 is 4.74 Å². The first-order valence-electron chi connectivity index (χ1n) is 6.71. The fourth-order valence-corrected chi connectivity index (χ4v) is 4.97. The number of likely N-dealkylation sites (N-methyl/N-ethyl adjacent to an activating group) is 1. The number of halogens is 2. The molecule has 5 nitrogen and oxygen atoms in total. The van der Waals surface area contributed by atoms with Crippen LogP contribution in [0.15, 0.2) is 32.0 Å². The van der Waals surface area contributed by atoms with Gasteiger partial charge in [-0.1, -0.05) is 22.9 Å².